The van der Waals surface area contributed by atoms with Gasteiger partial charge in [-0.1, -0.05) is 6.92 Å². The van der Waals surface area contributed by atoms with Crippen LogP contribution in [0.2, 0.25) is 0 Å². The number of amides is 2. The average molecular weight is 295 g/mol. The first-order chi connectivity index (χ1) is 9.54. The van der Waals surface area contributed by atoms with Gasteiger partial charge in [0.25, 0.3) is 5.91 Å². The highest BCUT2D eigenvalue weighted by molar-refractivity contribution is 7.13. The zero-order chi connectivity index (χ0) is 14.7. The smallest absolute Gasteiger partial charge is 0.265 e. The fourth-order valence-electron chi connectivity index (χ4n) is 2.45. The van der Waals surface area contributed by atoms with Crippen LogP contribution in [0.25, 0.3) is 0 Å². The van der Waals surface area contributed by atoms with E-state index in [4.69, 9.17) is 0 Å². The Kier molecular flexibility index (Phi) is 4.75. The van der Waals surface area contributed by atoms with Crippen molar-refractivity contribution in [1.29, 1.82) is 0 Å². The van der Waals surface area contributed by atoms with Crippen molar-refractivity contribution in [3.63, 3.8) is 0 Å². The fourth-order valence-corrected chi connectivity index (χ4v) is 3.54. The molecule has 1 aliphatic rings. The third kappa shape index (κ3) is 3.00. The Morgan fingerprint density at radius 3 is 2.85 bits per heavy atom. The molecular formula is C14H21N3O2S. The maximum absolute atomic E-state index is 12.0. The van der Waals surface area contributed by atoms with Crippen molar-refractivity contribution in [2.24, 2.45) is 0 Å². The van der Waals surface area contributed by atoms with Crippen molar-refractivity contribution in [3.8, 4) is 0 Å². The van der Waals surface area contributed by atoms with Crippen LogP contribution >= 0.6 is 11.3 Å². The van der Waals surface area contributed by atoms with Crippen molar-refractivity contribution < 1.29 is 9.59 Å². The van der Waals surface area contributed by atoms with E-state index in [1.165, 1.54) is 11.3 Å². The molecule has 1 aromatic rings. The highest BCUT2D eigenvalue weighted by atomic mass is 32.1. The van der Waals surface area contributed by atoms with Crippen molar-refractivity contribution in [2.75, 3.05) is 20.6 Å². The van der Waals surface area contributed by atoms with Crippen molar-refractivity contribution in [3.05, 3.63) is 16.1 Å². The van der Waals surface area contributed by atoms with Gasteiger partial charge in [0.05, 0.1) is 12.2 Å². The Morgan fingerprint density at radius 1 is 1.45 bits per heavy atom. The number of carbonyl (C=O) groups excluding carboxylic acids is 2. The summed E-state index contributed by atoms with van der Waals surface area (Å²) in [5, 5.41) is 0.886. The van der Waals surface area contributed by atoms with Crippen LogP contribution in [-0.2, 0) is 4.79 Å². The molecule has 1 fully saturated rings. The van der Waals surface area contributed by atoms with E-state index < -0.39 is 0 Å². The molecule has 0 unspecified atom stereocenters. The molecule has 1 aromatic heterocycles. The third-order valence-corrected chi connectivity index (χ3v) is 4.64. The Labute approximate surface area is 123 Å². The summed E-state index contributed by atoms with van der Waals surface area (Å²) in [5.41, 5.74) is 0. The predicted octanol–water partition coefficient (Wildman–Crippen LogP) is 2.31. The SMILES string of the molecule is CCC(=O)N1CCCC[C@@H]1c1ncc(C(=O)N(C)C)s1. The lowest BCUT2D eigenvalue weighted by atomic mass is 10.0. The largest absolute Gasteiger partial charge is 0.344 e. The van der Waals surface area contributed by atoms with Gasteiger partial charge in [0.15, 0.2) is 0 Å². The standard InChI is InChI=1S/C14H21N3O2S/c1-4-12(18)17-8-6-5-7-10(17)13-15-9-11(20-13)14(19)16(2)3/h9-10H,4-8H2,1-3H3/t10-/m1/s1. The number of rotatable bonds is 3. The third-order valence-electron chi connectivity index (χ3n) is 3.55. The summed E-state index contributed by atoms with van der Waals surface area (Å²) in [4.78, 5) is 32.5. The zero-order valence-corrected chi connectivity index (χ0v) is 13.1. The molecular weight excluding hydrogens is 274 g/mol. The van der Waals surface area contributed by atoms with Crippen molar-refractivity contribution in [1.82, 2.24) is 14.8 Å². The monoisotopic (exact) mass is 295 g/mol. The molecule has 110 valence electrons. The molecule has 0 spiro atoms. The average Bonchev–Trinajstić information content (AvgIpc) is 2.95. The molecule has 2 rings (SSSR count). The van der Waals surface area contributed by atoms with E-state index in [2.05, 4.69) is 4.98 Å². The van der Waals surface area contributed by atoms with E-state index in [9.17, 15) is 9.59 Å². The Bertz CT molecular complexity index is 498. The van der Waals surface area contributed by atoms with E-state index in [-0.39, 0.29) is 17.9 Å². The Morgan fingerprint density at radius 2 is 2.20 bits per heavy atom. The van der Waals surface area contributed by atoms with Gasteiger partial charge in [-0.3, -0.25) is 9.59 Å². The molecule has 0 saturated carbocycles. The highest BCUT2D eigenvalue weighted by Gasteiger charge is 2.29. The maximum Gasteiger partial charge on any atom is 0.265 e. The molecule has 0 aromatic carbocycles. The summed E-state index contributed by atoms with van der Waals surface area (Å²) in [5.74, 6) is 0.142. The van der Waals surface area contributed by atoms with E-state index in [0.29, 0.717) is 11.3 Å². The molecule has 2 heterocycles. The maximum atomic E-state index is 12.0. The van der Waals surface area contributed by atoms with Gasteiger partial charge in [-0.2, -0.15) is 0 Å². The second kappa shape index (κ2) is 6.35. The first-order valence-corrected chi connectivity index (χ1v) is 7.83. The molecule has 5 nitrogen and oxygen atoms in total. The van der Waals surface area contributed by atoms with Crippen LogP contribution in [0.5, 0.6) is 0 Å². The quantitative estimate of drug-likeness (QED) is 0.860. The van der Waals surface area contributed by atoms with Crippen molar-refractivity contribution >= 4 is 23.2 Å². The molecule has 20 heavy (non-hydrogen) atoms. The second-order valence-corrected chi connectivity index (χ2v) is 6.28. The molecule has 1 aliphatic heterocycles. The summed E-state index contributed by atoms with van der Waals surface area (Å²) in [6.07, 6.45) is 5.25. The van der Waals surface area contributed by atoms with Gasteiger partial charge in [0.1, 0.15) is 9.88 Å². The molecule has 1 atom stereocenters. The van der Waals surface area contributed by atoms with Crippen molar-refractivity contribution in [2.45, 2.75) is 38.6 Å². The molecule has 0 aliphatic carbocycles. The van der Waals surface area contributed by atoms with E-state index in [0.717, 1.165) is 30.8 Å². The number of aromatic nitrogens is 1. The lowest BCUT2D eigenvalue weighted by Gasteiger charge is -2.34. The Hall–Kier alpha value is -1.43. The number of hydrogen-bond acceptors (Lipinski definition) is 4. The highest BCUT2D eigenvalue weighted by Crippen LogP contribution is 2.33. The molecule has 2 amide bonds. The van der Waals surface area contributed by atoms with Gasteiger partial charge in [-0.15, -0.1) is 11.3 Å². The number of likely N-dealkylation sites (tertiary alicyclic amines) is 1. The number of carbonyl (C=O) groups is 2. The van der Waals surface area contributed by atoms with Gasteiger partial charge in [0.2, 0.25) is 5.91 Å². The molecule has 0 bridgehead atoms. The minimum Gasteiger partial charge on any atom is -0.344 e. The summed E-state index contributed by atoms with van der Waals surface area (Å²) in [6, 6.07) is 0.0462. The van der Waals surface area contributed by atoms with Crippen LogP contribution in [-0.4, -0.2) is 47.2 Å². The predicted molar refractivity (Wildman–Crippen MR) is 78.7 cm³/mol. The lowest BCUT2D eigenvalue weighted by Crippen LogP contribution is -2.38. The minimum atomic E-state index is -0.0297. The number of thiazole rings is 1. The van der Waals surface area contributed by atoms with E-state index in [1.54, 1.807) is 25.2 Å². The van der Waals surface area contributed by atoms with Gasteiger partial charge in [-0.25, -0.2) is 4.98 Å². The van der Waals surface area contributed by atoms with Crippen LogP contribution in [0.1, 0.15) is 53.3 Å². The van der Waals surface area contributed by atoms with Crippen LogP contribution in [0, 0.1) is 0 Å². The number of piperidine rings is 1. The number of nitrogens with zero attached hydrogens (tertiary/aromatic N) is 3. The summed E-state index contributed by atoms with van der Waals surface area (Å²) >= 11 is 1.41. The topological polar surface area (TPSA) is 53.5 Å². The zero-order valence-electron chi connectivity index (χ0n) is 12.3. The van der Waals surface area contributed by atoms with Gasteiger partial charge < -0.3 is 9.80 Å². The number of hydrogen-bond donors (Lipinski definition) is 0. The normalized spacial score (nSPS) is 18.9. The molecule has 6 heteroatoms. The fraction of sp³-hybridized carbons (Fsp3) is 0.643. The lowest BCUT2D eigenvalue weighted by molar-refractivity contribution is -0.134. The van der Waals surface area contributed by atoms with Crippen LogP contribution in [0.4, 0.5) is 0 Å². The first-order valence-electron chi connectivity index (χ1n) is 7.01. The Balaban J connectivity index is 2.20. The second-order valence-electron chi connectivity index (χ2n) is 5.21. The first kappa shape index (κ1) is 15.0. The molecule has 0 radical (unpaired) electrons. The minimum absolute atomic E-state index is 0.0297. The van der Waals surface area contributed by atoms with E-state index in [1.807, 2.05) is 11.8 Å². The van der Waals surface area contributed by atoms with Gasteiger partial charge in [0, 0.05) is 27.1 Å². The van der Waals surface area contributed by atoms with E-state index >= 15 is 0 Å². The molecule has 0 N–H and O–H groups in total. The van der Waals surface area contributed by atoms with Crippen LogP contribution < -0.4 is 0 Å². The summed E-state index contributed by atoms with van der Waals surface area (Å²) in [7, 11) is 3.46. The summed E-state index contributed by atoms with van der Waals surface area (Å²) < 4.78 is 0. The van der Waals surface area contributed by atoms with Crippen LogP contribution in [0.3, 0.4) is 0 Å². The van der Waals surface area contributed by atoms with Gasteiger partial charge >= 0.3 is 0 Å². The van der Waals surface area contributed by atoms with Crippen LogP contribution in [0.15, 0.2) is 6.20 Å². The summed E-state index contributed by atoms with van der Waals surface area (Å²) in [6.45, 7) is 2.69. The van der Waals surface area contributed by atoms with Gasteiger partial charge in [-0.05, 0) is 19.3 Å². The molecule has 1 saturated heterocycles.